The number of fused-ring (bicyclic) bond motifs is 20. The van der Waals surface area contributed by atoms with Crippen molar-refractivity contribution >= 4 is 72.2 Å². The van der Waals surface area contributed by atoms with Crippen LogP contribution in [0, 0.1) is 0 Å². The Balaban J connectivity index is 0.000000344. The number of rotatable bonds is 2. The quantitative estimate of drug-likeness (QED) is 0.205. The van der Waals surface area contributed by atoms with Gasteiger partial charge in [0.25, 0.3) is 0 Å². The summed E-state index contributed by atoms with van der Waals surface area (Å²) >= 11 is -1.77. The van der Waals surface area contributed by atoms with Crippen LogP contribution in [0.25, 0.3) is 89.7 Å². The third-order valence-corrected chi connectivity index (χ3v) is 10.2. The first-order valence-electron chi connectivity index (χ1n) is 15.4. The Hall–Kier alpha value is -6.28. The Morgan fingerprint density at radius 2 is 0.714 bits per heavy atom. The van der Waals surface area contributed by atoms with E-state index in [1.165, 1.54) is 13.8 Å². The number of hydrogen-bond acceptors (Lipinski definition) is 10. The summed E-state index contributed by atoms with van der Waals surface area (Å²) in [6.45, 7) is 2.57. The second-order valence-electron chi connectivity index (χ2n) is 11.2. The number of H-pyrrole nitrogens is 2. The molecule has 0 radical (unpaired) electrons. The summed E-state index contributed by atoms with van der Waals surface area (Å²) in [6, 6.07) is 32.2. The SMILES string of the molecule is CC(=O)[O][GeH2][O]C(C)=O.c1ccc2c(c1)-c1nc-2nc2[nH]c(nc3nc(nc4[nH]c(n1)c1ccccc41)-c1ccccc1-3)c1ccccc21. The van der Waals surface area contributed by atoms with Crippen molar-refractivity contribution in [3.8, 4) is 45.6 Å². The van der Waals surface area contributed by atoms with Crippen molar-refractivity contribution in [1.82, 2.24) is 39.9 Å². The van der Waals surface area contributed by atoms with Crippen molar-refractivity contribution in [2.75, 3.05) is 0 Å². The third kappa shape index (κ3) is 5.67. The molecule has 0 aliphatic carbocycles. The predicted molar refractivity (Wildman–Crippen MR) is 188 cm³/mol. The molecule has 5 heterocycles. The van der Waals surface area contributed by atoms with Crippen LogP contribution in [0.5, 0.6) is 0 Å². The number of carbonyl (C=O) groups is 2. The van der Waals surface area contributed by atoms with Crippen LogP contribution < -0.4 is 0 Å². The van der Waals surface area contributed by atoms with Gasteiger partial charge in [-0.05, 0) is 0 Å². The van der Waals surface area contributed by atoms with E-state index < -0.39 is 16.1 Å². The number of benzene rings is 4. The largest absolute Gasteiger partial charge is 0.324 e. The maximum absolute atomic E-state index is 10.1. The topological polar surface area (TPSA) is 162 Å². The number of carbonyl (C=O) groups excluding carboxylic acids is 2. The van der Waals surface area contributed by atoms with E-state index in [9.17, 15) is 9.59 Å². The second kappa shape index (κ2) is 12.4. The molecule has 2 aliphatic heterocycles. The molecule has 0 saturated heterocycles. The molecule has 0 fully saturated rings. The molecule has 13 heteroatoms. The number of aromatic amines is 2. The molecule has 4 aromatic carbocycles. The molecule has 0 atom stereocenters. The fourth-order valence-electron chi connectivity index (χ4n) is 5.79. The second-order valence-corrected chi connectivity index (χ2v) is 12.9. The first-order valence-corrected chi connectivity index (χ1v) is 17.8. The molecule has 238 valence electrons. The molecular formula is C36H26GeN8O4. The van der Waals surface area contributed by atoms with Crippen molar-refractivity contribution in [3.05, 3.63) is 97.1 Å². The zero-order valence-electron chi connectivity index (χ0n) is 26.3. The van der Waals surface area contributed by atoms with Gasteiger partial charge in [0.15, 0.2) is 23.3 Å². The Labute approximate surface area is 284 Å². The summed E-state index contributed by atoms with van der Waals surface area (Å²) < 4.78 is 8.92. The van der Waals surface area contributed by atoms with Gasteiger partial charge in [0.1, 0.15) is 22.6 Å². The fraction of sp³-hybridized carbons (Fsp3) is 0.0556. The van der Waals surface area contributed by atoms with Crippen LogP contribution in [0.3, 0.4) is 0 Å². The van der Waals surface area contributed by atoms with Crippen molar-refractivity contribution in [2.45, 2.75) is 13.8 Å². The third-order valence-electron chi connectivity index (χ3n) is 7.98. The van der Waals surface area contributed by atoms with Crippen LogP contribution in [0.1, 0.15) is 13.8 Å². The summed E-state index contributed by atoms with van der Waals surface area (Å²) in [5.74, 6) is 1.63. The average molecular weight is 707 g/mol. The molecule has 0 unspecified atom stereocenters. The predicted octanol–water partition coefficient (Wildman–Crippen LogP) is 5.98. The van der Waals surface area contributed by atoms with Crippen molar-refractivity contribution in [3.63, 3.8) is 0 Å². The van der Waals surface area contributed by atoms with E-state index in [1.54, 1.807) is 0 Å². The Morgan fingerprint density at radius 3 is 0.980 bits per heavy atom. The minimum atomic E-state index is -1.77. The molecular weight excluding hydrogens is 681 g/mol. The summed E-state index contributed by atoms with van der Waals surface area (Å²) in [4.78, 5) is 56.9. The molecule has 8 bridgehead atoms. The van der Waals surface area contributed by atoms with E-state index in [1.807, 2.05) is 97.1 Å². The van der Waals surface area contributed by atoms with E-state index in [0.717, 1.165) is 43.8 Å². The maximum Gasteiger partial charge on any atom is 0.164 e. The minimum Gasteiger partial charge on any atom is -0.324 e. The van der Waals surface area contributed by atoms with Crippen molar-refractivity contribution in [1.29, 1.82) is 0 Å². The van der Waals surface area contributed by atoms with Crippen LogP contribution in [-0.2, 0) is 17.1 Å². The zero-order chi connectivity index (χ0) is 33.5. The van der Waals surface area contributed by atoms with Gasteiger partial charge in [0, 0.05) is 43.8 Å². The first kappa shape index (κ1) is 30.1. The molecule has 49 heavy (non-hydrogen) atoms. The van der Waals surface area contributed by atoms with E-state index >= 15 is 0 Å². The van der Waals surface area contributed by atoms with Crippen LogP contribution in [0.4, 0.5) is 0 Å². The van der Waals surface area contributed by atoms with Gasteiger partial charge in [0.05, 0.1) is 0 Å². The van der Waals surface area contributed by atoms with E-state index in [-0.39, 0.29) is 11.9 Å². The van der Waals surface area contributed by atoms with Gasteiger partial charge in [-0.3, -0.25) is 0 Å². The molecule has 0 amide bonds. The summed E-state index contributed by atoms with van der Waals surface area (Å²) in [7, 11) is 0. The average Bonchev–Trinajstić information content (AvgIpc) is 3.84. The summed E-state index contributed by atoms with van der Waals surface area (Å²) in [5.41, 5.74) is 6.45. The smallest absolute Gasteiger partial charge is 0.164 e. The Bertz CT molecular complexity index is 2300. The van der Waals surface area contributed by atoms with Gasteiger partial charge in [0.2, 0.25) is 0 Å². The first-order chi connectivity index (χ1) is 23.9. The van der Waals surface area contributed by atoms with Crippen LogP contribution in [0.15, 0.2) is 97.1 Å². The minimum absolute atomic E-state index is 0.378. The van der Waals surface area contributed by atoms with Crippen LogP contribution in [0.2, 0.25) is 0 Å². The zero-order valence-corrected chi connectivity index (χ0v) is 29.2. The van der Waals surface area contributed by atoms with E-state index in [4.69, 9.17) is 29.9 Å². The number of aromatic nitrogens is 8. The van der Waals surface area contributed by atoms with Gasteiger partial charge >= 0.3 is 59.0 Å². The Morgan fingerprint density at radius 1 is 0.449 bits per heavy atom. The van der Waals surface area contributed by atoms with E-state index in [2.05, 4.69) is 17.5 Å². The molecule has 0 spiro atoms. The van der Waals surface area contributed by atoms with Crippen molar-refractivity contribution < 1.29 is 17.1 Å². The summed E-state index contributed by atoms with van der Waals surface area (Å²) in [6.07, 6.45) is 0. The van der Waals surface area contributed by atoms with Gasteiger partial charge in [-0.15, -0.1) is 0 Å². The van der Waals surface area contributed by atoms with Gasteiger partial charge in [-0.1, -0.05) is 97.1 Å². The molecule has 2 N–H and O–H groups in total. The normalized spacial score (nSPS) is 11.3. The molecule has 2 aliphatic rings. The fourth-order valence-corrected chi connectivity index (χ4v) is 6.61. The number of nitrogens with one attached hydrogen (secondary N) is 2. The van der Waals surface area contributed by atoms with Crippen LogP contribution >= 0.6 is 0 Å². The van der Waals surface area contributed by atoms with Gasteiger partial charge in [-0.25, -0.2) is 29.9 Å². The summed E-state index contributed by atoms with van der Waals surface area (Å²) in [5, 5.41) is 3.82. The standard InChI is InChI=1S/C32H18N8.C4H8GeO4/c1-2-10-18-17(9-1)25-33-26(18)38-28-21-13-5-6-14-22(21)30(35-28)40-32-24-16-8-7-15-23(24)31(36-32)39-29-20-12-4-3-11-19(20)27(34-29)37-25;1-3(6)8-5-9-4(2)7/h1-16H,(H2,33,34,35,36,37,38,39,40);5H2,1-2H3. The molecule has 7 aromatic rings. The maximum atomic E-state index is 10.1. The number of hydrogen-bond donors (Lipinski definition) is 2. The molecule has 0 saturated carbocycles. The molecule has 3 aromatic heterocycles. The van der Waals surface area contributed by atoms with E-state index in [0.29, 0.717) is 45.9 Å². The molecule has 9 rings (SSSR count). The van der Waals surface area contributed by atoms with Gasteiger partial charge in [-0.2, -0.15) is 0 Å². The monoisotopic (exact) mass is 708 g/mol. The van der Waals surface area contributed by atoms with Gasteiger partial charge < -0.3 is 9.97 Å². The number of nitrogens with zero attached hydrogens (tertiary/aromatic N) is 6. The van der Waals surface area contributed by atoms with Crippen LogP contribution in [-0.4, -0.2) is 67.9 Å². The molecule has 12 nitrogen and oxygen atoms in total. The Kier molecular flexibility index (Phi) is 7.61. The van der Waals surface area contributed by atoms with Crippen molar-refractivity contribution in [2.24, 2.45) is 0 Å².